The molecule has 2 N–H and O–H groups in total. The lowest BCUT2D eigenvalue weighted by Crippen LogP contribution is -2.27. The van der Waals surface area contributed by atoms with Crippen LogP contribution in [0.4, 0.5) is 5.69 Å². The van der Waals surface area contributed by atoms with Gasteiger partial charge in [-0.25, -0.2) is 0 Å². The molecule has 6 heteroatoms. The van der Waals surface area contributed by atoms with Gasteiger partial charge in [-0.3, -0.25) is 9.78 Å². The third kappa shape index (κ3) is 6.40. The molecular weight excluding hydrogens is 362 g/mol. The maximum atomic E-state index is 12.0. The van der Waals surface area contributed by atoms with Crippen LogP contribution in [-0.4, -0.2) is 17.4 Å². The zero-order valence-electron chi connectivity index (χ0n) is 14.7. The molecule has 5 nitrogen and oxygen atoms in total. The van der Waals surface area contributed by atoms with Crippen molar-refractivity contribution in [3.05, 3.63) is 89.2 Å². The zero-order chi connectivity index (χ0) is 18.9. The van der Waals surface area contributed by atoms with Crippen molar-refractivity contribution in [1.82, 2.24) is 10.3 Å². The summed E-state index contributed by atoms with van der Waals surface area (Å²) in [6, 6.07) is 18.6. The van der Waals surface area contributed by atoms with Crippen molar-refractivity contribution in [1.29, 1.82) is 0 Å². The van der Waals surface area contributed by atoms with E-state index in [9.17, 15) is 4.79 Å². The number of aromatic nitrogens is 1. The van der Waals surface area contributed by atoms with E-state index in [1.807, 2.05) is 60.7 Å². The Hall–Kier alpha value is -2.89. The Labute approximate surface area is 163 Å². The van der Waals surface area contributed by atoms with Gasteiger partial charge in [-0.15, -0.1) is 0 Å². The first-order chi connectivity index (χ1) is 13.2. The van der Waals surface area contributed by atoms with E-state index in [0.29, 0.717) is 18.2 Å². The summed E-state index contributed by atoms with van der Waals surface area (Å²) in [5.74, 6) is 0.637. The van der Waals surface area contributed by atoms with E-state index in [4.69, 9.17) is 16.3 Å². The second kappa shape index (κ2) is 9.71. The first-order valence-electron chi connectivity index (χ1n) is 8.56. The van der Waals surface area contributed by atoms with E-state index >= 15 is 0 Å². The fourth-order valence-corrected chi connectivity index (χ4v) is 2.53. The van der Waals surface area contributed by atoms with Crippen LogP contribution in [0.5, 0.6) is 5.75 Å². The molecule has 0 fully saturated rings. The molecule has 0 aliphatic rings. The minimum atomic E-state index is -0.0983. The van der Waals surface area contributed by atoms with Gasteiger partial charge in [0.1, 0.15) is 12.4 Å². The summed E-state index contributed by atoms with van der Waals surface area (Å²) in [5, 5.41) is 6.66. The van der Waals surface area contributed by atoms with Crippen LogP contribution >= 0.6 is 11.6 Å². The Morgan fingerprint density at radius 3 is 2.33 bits per heavy atom. The molecule has 0 atom stereocenters. The lowest BCUT2D eigenvalue weighted by Gasteiger charge is -2.09. The molecule has 0 aliphatic carbocycles. The maximum absolute atomic E-state index is 12.0. The lowest BCUT2D eigenvalue weighted by atomic mass is 10.2. The Morgan fingerprint density at radius 1 is 0.926 bits per heavy atom. The number of halogens is 1. The molecule has 0 radical (unpaired) electrons. The molecule has 1 heterocycles. The topological polar surface area (TPSA) is 63.2 Å². The van der Waals surface area contributed by atoms with Crippen LogP contribution in [0.2, 0.25) is 5.02 Å². The van der Waals surface area contributed by atoms with Crippen LogP contribution in [-0.2, 0) is 17.9 Å². The van der Waals surface area contributed by atoms with Crippen LogP contribution in [0, 0.1) is 0 Å². The standard InChI is InChI=1S/C21H20ClN3O2/c22-18-3-1-17(2-4-18)15-27-20-7-5-19(6-8-20)25-21(26)14-24-13-16-9-11-23-12-10-16/h1-12,24H,13-15H2,(H,25,26). The van der Waals surface area contributed by atoms with Gasteiger partial charge >= 0.3 is 0 Å². The summed E-state index contributed by atoms with van der Waals surface area (Å²) >= 11 is 5.87. The highest BCUT2D eigenvalue weighted by Crippen LogP contribution is 2.18. The summed E-state index contributed by atoms with van der Waals surface area (Å²) in [6.07, 6.45) is 3.46. The molecule has 0 aliphatic heterocycles. The zero-order valence-corrected chi connectivity index (χ0v) is 15.4. The monoisotopic (exact) mass is 381 g/mol. The summed E-state index contributed by atoms with van der Waals surface area (Å²) in [4.78, 5) is 16.0. The fraction of sp³-hybridized carbons (Fsp3) is 0.143. The van der Waals surface area contributed by atoms with E-state index in [1.54, 1.807) is 12.4 Å². The van der Waals surface area contributed by atoms with Gasteiger partial charge < -0.3 is 15.4 Å². The van der Waals surface area contributed by atoms with E-state index in [2.05, 4.69) is 15.6 Å². The van der Waals surface area contributed by atoms with Gasteiger partial charge in [-0.1, -0.05) is 23.7 Å². The first-order valence-corrected chi connectivity index (χ1v) is 8.93. The largest absolute Gasteiger partial charge is 0.489 e. The summed E-state index contributed by atoms with van der Waals surface area (Å²) in [6.45, 7) is 1.31. The molecule has 3 aromatic rings. The molecule has 0 saturated heterocycles. The Kier molecular flexibility index (Phi) is 6.79. The number of rotatable bonds is 8. The van der Waals surface area contributed by atoms with E-state index in [0.717, 1.165) is 22.6 Å². The van der Waals surface area contributed by atoms with Gasteiger partial charge in [0.25, 0.3) is 0 Å². The highest BCUT2D eigenvalue weighted by Gasteiger charge is 2.03. The van der Waals surface area contributed by atoms with E-state index in [1.165, 1.54) is 0 Å². The molecule has 138 valence electrons. The molecule has 0 bridgehead atoms. The number of carbonyl (C=O) groups excluding carboxylic acids is 1. The minimum Gasteiger partial charge on any atom is -0.489 e. The van der Waals surface area contributed by atoms with Crippen molar-refractivity contribution in [2.75, 3.05) is 11.9 Å². The molecule has 2 aromatic carbocycles. The molecular formula is C21H20ClN3O2. The predicted molar refractivity (Wildman–Crippen MR) is 107 cm³/mol. The van der Waals surface area contributed by atoms with E-state index < -0.39 is 0 Å². The molecule has 0 spiro atoms. The quantitative estimate of drug-likeness (QED) is 0.618. The Bertz CT molecular complexity index is 853. The molecule has 3 rings (SSSR count). The van der Waals surface area contributed by atoms with Gasteiger partial charge in [-0.2, -0.15) is 0 Å². The molecule has 1 amide bonds. The van der Waals surface area contributed by atoms with Crippen molar-refractivity contribution in [2.24, 2.45) is 0 Å². The number of ether oxygens (including phenoxy) is 1. The second-order valence-corrected chi connectivity index (χ2v) is 6.38. The van der Waals surface area contributed by atoms with Crippen molar-refractivity contribution >= 4 is 23.2 Å². The van der Waals surface area contributed by atoms with Gasteiger partial charge in [0.15, 0.2) is 0 Å². The molecule has 0 saturated carbocycles. The number of pyridine rings is 1. The van der Waals surface area contributed by atoms with Gasteiger partial charge in [0.2, 0.25) is 5.91 Å². The fourth-order valence-electron chi connectivity index (χ4n) is 2.41. The van der Waals surface area contributed by atoms with Crippen LogP contribution < -0.4 is 15.4 Å². The van der Waals surface area contributed by atoms with Gasteiger partial charge in [-0.05, 0) is 59.7 Å². The minimum absolute atomic E-state index is 0.0983. The average molecular weight is 382 g/mol. The number of hydrogen-bond donors (Lipinski definition) is 2. The number of nitrogens with one attached hydrogen (secondary N) is 2. The number of hydrogen-bond acceptors (Lipinski definition) is 4. The Balaban J connectivity index is 1.41. The van der Waals surface area contributed by atoms with Gasteiger partial charge in [0, 0.05) is 29.6 Å². The highest BCUT2D eigenvalue weighted by atomic mass is 35.5. The lowest BCUT2D eigenvalue weighted by molar-refractivity contribution is -0.115. The third-order valence-electron chi connectivity index (χ3n) is 3.82. The molecule has 0 unspecified atom stereocenters. The summed E-state index contributed by atoms with van der Waals surface area (Å²) in [5.41, 5.74) is 2.85. The maximum Gasteiger partial charge on any atom is 0.238 e. The third-order valence-corrected chi connectivity index (χ3v) is 4.07. The first kappa shape index (κ1) is 18.9. The number of carbonyl (C=O) groups is 1. The summed E-state index contributed by atoms with van der Waals surface area (Å²) < 4.78 is 5.73. The van der Waals surface area contributed by atoms with Crippen LogP contribution in [0.3, 0.4) is 0 Å². The smallest absolute Gasteiger partial charge is 0.238 e. The Morgan fingerprint density at radius 2 is 1.63 bits per heavy atom. The SMILES string of the molecule is O=C(CNCc1ccncc1)Nc1ccc(OCc2ccc(Cl)cc2)cc1. The van der Waals surface area contributed by atoms with Crippen LogP contribution in [0.1, 0.15) is 11.1 Å². The summed E-state index contributed by atoms with van der Waals surface area (Å²) in [7, 11) is 0. The van der Waals surface area contributed by atoms with Crippen molar-refractivity contribution < 1.29 is 9.53 Å². The van der Waals surface area contributed by atoms with Crippen molar-refractivity contribution in [3.8, 4) is 5.75 Å². The van der Waals surface area contributed by atoms with Gasteiger partial charge in [0.05, 0.1) is 6.54 Å². The average Bonchev–Trinajstić information content (AvgIpc) is 2.69. The van der Waals surface area contributed by atoms with Crippen molar-refractivity contribution in [2.45, 2.75) is 13.2 Å². The highest BCUT2D eigenvalue weighted by molar-refractivity contribution is 6.30. The van der Waals surface area contributed by atoms with Crippen molar-refractivity contribution in [3.63, 3.8) is 0 Å². The number of amides is 1. The predicted octanol–water partition coefficient (Wildman–Crippen LogP) is 4.04. The molecule has 27 heavy (non-hydrogen) atoms. The second-order valence-electron chi connectivity index (χ2n) is 5.95. The van der Waals surface area contributed by atoms with E-state index in [-0.39, 0.29) is 12.5 Å². The normalized spacial score (nSPS) is 10.4. The number of nitrogens with zero attached hydrogens (tertiary/aromatic N) is 1. The van der Waals surface area contributed by atoms with Crippen LogP contribution in [0.15, 0.2) is 73.1 Å². The number of benzene rings is 2. The number of anilines is 1. The van der Waals surface area contributed by atoms with Crippen LogP contribution in [0.25, 0.3) is 0 Å². The molecule has 1 aromatic heterocycles.